The van der Waals surface area contributed by atoms with E-state index in [9.17, 15) is 14.9 Å². The minimum atomic E-state index is -0.903. The Hall–Kier alpha value is -1.95. The van der Waals surface area contributed by atoms with Crippen molar-refractivity contribution in [3.8, 4) is 0 Å². The van der Waals surface area contributed by atoms with Crippen LogP contribution >= 0.6 is 0 Å². The number of carbonyl (C=O) groups excluding carboxylic acids is 1. The maximum Gasteiger partial charge on any atom is 0.324 e. The number of carbonyl (C=O) groups is 1. The van der Waals surface area contributed by atoms with Gasteiger partial charge in [-0.15, -0.1) is 0 Å². The molecule has 138 valence electrons. The van der Waals surface area contributed by atoms with Crippen LogP contribution in [0.5, 0.6) is 0 Å². The predicted molar refractivity (Wildman–Crippen MR) is 95.7 cm³/mol. The molecule has 0 aliphatic carbocycles. The molecule has 0 amide bonds. The Morgan fingerprint density at radius 2 is 1.68 bits per heavy atom. The van der Waals surface area contributed by atoms with Gasteiger partial charge >= 0.3 is 5.97 Å². The molecule has 1 fully saturated rings. The molecule has 25 heavy (non-hydrogen) atoms. The third-order valence-corrected chi connectivity index (χ3v) is 4.49. The summed E-state index contributed by atoms with van der Waals surface area (Å²) in [5.74, 6) is -0.916. The summed E-state index contributed by atoms with van der Waals surface area (Å²) in [6.07, 6.45) is 0. The van der Waals surface area contributed by atoms with Crippen LogP contribution in [0.2, 0.25) is 0 Å². The molecule has 0 spiro atoms. The summed E-state index contributed by atoms with van der Waals surface area (Å²) in [5, 5.41) is 15.1. The second-order valence-corrected chi connectivity index (χ2v) is 8.73. The van der Waals surface area contributed by atoms with Crippen LogP contribution in [0.4, 0.5) is 0 Å². The molecule has 1 aliphatic rings. The second-order valence-electron chi connectivity index (χ2n) is 8.73. The SMILES string of the molecule is CC(C)(C)OC(=O)[C@H]1NC(c2ccccc2)[C@@H]([N+](=O)[O-])[C@@H]1C(C)(C)C. The summed E-state index contributed by atoms with van der Waals surface area (Å²) in [4.78, 5) is 24.4. The van der Waals surface area contributed by atoms with E-state index in [1.165, 1.54) is 0 Å². The van der Waals surface area contributed by atoms with Crippen LogP contribution in [-0.4, -0.2) is 28.6 Å². The van der Waals surface area contributed by atoms with Gasteiger partial charge in [-0.25, -0.2) is 0 Å². The van der Waals surface area contributed by atoms with Gasteiger partial charge in [0.2, 0.25) is 6.04 Å². The fourth-order valence-electron chi connectivity index (χ4n) is 3.60. The van der Waals surface area contributed by atoms with Gasteiger partial charge in [-0.1, -0.05) is 51.1 Å². The summed E-state index contributed by atoms with van der Waals surface area (Å²) in [6, 6.07) is 7.11. The number of hydrogen-bond acceptors (Lipinski definition) is 5. The third-order valence-electron chi connectivity index (χ3n) is 4.49. The molecular formula is C19H28N2O4. The summed E-state index contributed by atoms with van der Waals surface area (Å²) in [5.41, 5.74) is -0.268. The molecule has 0 aromatic heterocycles. The molecule has 1 aromatic carbocycles. The van der Waals surface area contributed by atoms with Crippen molar-refractivity contribution in [2.45, 2.75) is 65.3 Å². The van der Waals surface area contributed by atoms with Gasteiger partial charge in [-0.3, -0.25) is 20.2 Å². The zero-order valence-electron chi connectivity index (χ0n) is 15.8. The molecule has 4 atom stereocenters. The van der Waals surface area contributed by atoms with Gasteiger partial charge in [0.15, 0.2) is 0 Å². The minimum Gasteiger partial charge on any atom is -0.459 e. The van der Waals surface area contributed by atoms with Crippen LogP contribution < -0.4 is 5.32 Å². The third kappa shape index (κ3) is 4.37. The van der Waals surface area contributed by atoms with Crippen molar-refractivity contribution in [1.82, 2.24) is 5.32 Å². The molecular weight excluding hydrogens is 320 g/mol. The van der Waals surface area contributed by atoms with E-state index in [1.54, 1.807) is 20.8 Å². The smallest absolute Gasteiger partial charge is 0.324 e. The first-order valence-electron chi connectivity index (χ1n) is 8.59. The van der Waals surface area contributed by atoms with E-state index < -0.39 is 41.0 Å². The highest BCUT2D eigenvalue weighted by molar-refractivity contribution is 5.77. The van der Waals surface area contributed by atoms with Gasteiger partial charge in [0.1, 0.15) is 17.7 Å². The summed E-state index contributed by atoms with van der Waals surface area (Å²) in [7, 11) is 0. The molecule has 0 bridgehead atoms. The van der Waals surface area contributed by atoms with Crippen molar-refractivity contribution in [3.05, 3.63) is 46.0 Å². The molecule has 2 rings (SSSR count). The number of nitrogens with one attached hydrogen (secondary N) is 1. The Labute approximate surface area is 149 Å². The highest BCUT2D eigenvalue weighted by atomic mass is 16.6. The van der Waals surface area contributed by atoms with Crippen molar-refractivity contribution in [2.24, 2.45) is 11.3 Å². The van der Waals surface area contributed by atoms with Crippen molar-refractivity contribution < 1.29 is 14.5 Å². The second kappa shape index (κ2) is 6.75. The lowest BCUT2D eigenvalue weighted by atomic mass is 9.73. The van der Waals surface area contributed by atoms with Crippen molar-refractivity contribution in [1.29, 1.82) is 0 Å². The number of ether oxygens (including phenoxy) is 1. The Morgan fingerprint density at radius 3 is 2.12 bits per heavy atom. The molecule has 1 heterocycles. The number of benzene rings is 1. The van der Waals surface area contributed by atoms with E-state index in [1.807, 2.05) is 51.1 Å². The van der Waals surface area contributed by atoms with E-state index in [4.69, 9.17) is 4.74 Å². The largest absolute Gasteiger partial charge is 0.459 e. The number of nitrogens with zero attached hydrogens (tertiary/aromatic N) is 1. The molecule has 1 N–H and O–H groups in total. The molecule has 0 saturated carbocycles. The summed E-state index contributed by atoms with van der Waals surface area (Å²) in [6.45, 7) is 11.2. The van der Waals surface area contributed by atoms with Crippen LogP contribution in [0.25, 0.3) is 0 Å². The number of hydrogen-bond donors (Lipinski definition) is 1. The molecule has 6 nitrogen and oxygen atoms in total. The predicted octanol–water partition coefficient (Wildman–Crippen LogP) is 3.35. The van der Waals surface area contributed by atoms with Gasteiger partial charge in [-0.05, 0) is 31.7 Å². The van der Waals surface area contributed by atoms with Crippen LogP contribution in [0.1, 0.15) is 53.1 Å². The topological polar surface area (TPSA) is 81.5 Å². The normalized spacial score (nSPS) is 27.1. The maximum atomic E-state index is 12.8. The van der Waals surface area contributed by atoms with E-state index in [-0.39, 0.29) is 4.92 Å². The van der Waals surface area contributed by atoms with Gasteiger partial charge < -0.3 is 4.74 Å². The maximum absolute atomic E-state index is 12.8. The van der Waals surface area contributed by atoms with Crippen molar-refractivity contribution >= 4 is 5.97 Å². The molecule has 1 saturated heterocycles. The Kier molecular flexibility index (Phi) is 5.23. The first kappa shape index (κ1) is 19.4. The molecule has 1 aromatic rings. The van der Waals surface area contributed by atoms with Crippen molar-refractivity contribution in [3.63, 3.8) is 0 Å². The monoisotopic (exact) mass is 348 g/mol. The van der Waals surface area contributed by atoms with E-state index in [0.29, 0.717) is 0 Å². The first-order chi connectivity index (χ1) is 11.4. The van der Waals surface area contributed by atoms with Crippen LogP contribution in [0.15, 0.2) is 30.3 Å². The Bertz CT molecular complexity index is 631. The van der Waals surface area contributed by atoms with Gasteiger partial charge in [-0.2, -0.15) is 0 Å². The van der Waals surface area contributed by atoms with E-state index in [2.05, 4.69) is 5.32 Å². The highest BCUT2D eigenvalue weighted by Gasteiger charge is 2.58. The van der Waals surface area contributed by atoms with Gasteiger partial charge in [0.05, 0.1) is 5.92 Å². The number of esters is 1. The van der Waals surface area contributed by atoms with Gasteiger partial charge in [0, 0.05) is 4.92 Å². The Morgan fingerprint density at radius 1 is 1.12 bits per heavy atom. The lowest BCUT2D eigenvalue weighted by Crippen LogP contribution is -2.46. The minimum absolute atomic E-state index is 0.259. The zero-order chi connectivity index (χ0) is 19.0. The number of rotatable bonds is 3. The summed E-state index contributed by atoms with van der Waals surface area (Å²) >= 11 is 0. The molecule has 6 heteroatoms. The fourth-order valence-corrected chi connectivity index (χ4v) is 3.60. The first-order valence-corrected chi connectivity index (χ1v) is 8.59. The average Bonchev–Trinajstić information content (AvgIpc) is 2.87. The zero-order valence-corrected chi connectivity index (χ0v) is 15.8. The van der Waals surface area contributed by atoms with Crippen LogP contribution in [0, 0.1) is 21.4 Å². The quantitative estimate of drug-likeness (QED) is 0.515. The van der Waals surface area contributed by atoms with Gasteiger partial charge in [0.25, 0.3) is 0 Å². The lowest BCUT2D eigenvalue weighted by Gasteiger charge is -2.32. The standard InChI is InChI=1S/C19H28N2O4/c1-18(2,3)13-15(17(22)25-19(4,5)6)20-14(16(13)21(23)24)12-10-8-7-9-11-12/h7-11,13-16,20H,1-6H3/t13-,14?,15+,16+/m1/s1. The van der Waals surface area contributed by atoms with Crippen LogP contribution in [0.3, 0.4) is 0 Å². The summed E-state index contributed by atoms with van der Waals surface area (Å²) < 4.78 is 5.54. The molecule has 0 radical (unpaired) electrons. The average molecular weight is 348 g/mol. The van der Waals surface area contributed by atoms with Crippen molar-refractivity contribution in [2.75, 3.05) is 0 Å². The fraction of sp³-hybridized carbons (Fsp3) is 0.632. The molecule has 1 aliphatic heterocycles. The Balaban J connectivity index is 2.45. The number of nitro groups is 1. The van der Waals surface area contributed by atoms with E-state index in [0.717, 1.165) is 5.56 Å². The van der Waals surface area contributed by atoms with E-state index >= 15 is 0 Å². The lowest BCUT2D eigenvalue weighted by molar-refractivity contribution is -0.535. The molecule has 1 unspecified atom stereocenters. The van der Waals surface area contributed by atoms with Crippen LogP contribution in [-0.2, 0) is 9.53 Å². The highest BCUT2D eigenvalue weighted by Crippen LogP contribution is 2.43.